The standard InChI is InChI=1S/C11H14O5/c1-4-7-3-6(12)8(13)11(4)9(16-7)5(2)15-10(11)14/h4,6-9,12-13H,2-3H2,1H3/t4-,6-,7+,8-,9+,11-/m0/s1. The van der Waals surface area contributed by atoms with Gasteiger partial charge in [0.05, 0.1) is 18.3 Å². The number of hydrogen-bond donors (Lipinski definition) is 2. The summed E-state index contributed by atoms with van der Waals surface area (Å²) >= 11 is 0. The van der Waals surface area contributed by atoms with Gasteiger partial charge >= 0.3 is 5.97 Å². The van der Waals surface area contributed by atoms with Crippen molar-refractivity contribution in [1.29, 1.82) is 0 Å². The molecule has 5 heteroatoms. The number of esters is 1. The Morgan fingerprint density at radius 3 is 2.88 bits per heavy atom. The van der Waals surface area contributed by atoms with E-state index in [1.807, 2.05) is 6.92 Å². The van der Waals surface area contributed by atoms with Crippen molar-refractivity contribution < 1.29 is 24.5 Å². The molecule has 0 amide bonds. The molecule has 0 radical (unpaired) electrons. The van der Waals surface area contributed by atoms with Crippen molar-refractivity contribution in [2.45, 2.75) is 37.8 Å². The first-order valence-electron chi connectivity index (χ1n) is 5.42. The number of aliphatic hydroxyl groups excluding tert-OH is 2. The molecule has 1 spiro atoms. The summed E-state index contributed by atoms with van der Waals surface area (Å²) in [7, 11) is 0. The lowest BCUT2D eigenvalue weighted by Gasteiger charge is -2.39. The first-order valence-corrected chi connectivity index (χ1v) is 5.42. The lowest BCUT2D eigenvalue weighted by atomic mass is 9.63. The highest BCUT2D eigenvalue weighted by atomic mass is 16.6. The van der Waals surface area contributed by atoms with Gasteiger partial charge in [-0.3, -0.25) is 4.79 Å². The van der Waals surface area contributed by atoms with Crippen molar-refractivity contribution in [2.75, 3.05) is 0 Å². The van der Waals surface area contributed by atoms with Gasteiger partial charge in [0.15, 0.2) is 0 Å². The van der Waals surface area contributed by atoms with E-state index < -0.39 is 29.7 Å². The molecular weight excluding hydrogens is 212 g/mol. The molecule has 2 saturated heterocycles. The summed E-state index contributed by atoms with van der Waals surface area (Å²) in [5.74, 6) is -0.445. The van der Waals surface area contributed by atoms with Crippen LogP contribution in [0.15, 0.2) is 12.3 Å². The molecule has 6 atom stereocenters. The highest BCUT2D eigenvalue weighted by Crippen LogP contribution is 2.58. The molecule has 1 saturated carbocycles. The van der Waals surface area contributed by atoms with Gasteiger partial charge in [0.2, 0.25) is 0 Å². The Morgan fingerprint density at radius 2 is 2.19 bits per heavy atom. The fraction of sp³-hybridized carbons (Fsp3) is 0.727. The topological polar surface area (TPSA) is 76.0 Å². The Bertz CT molecular complexity index is 379. The van der Waals surface area contributed by atoms with Crippen LogP contribution in [-0.4, -0.2) is 40.6 Å². The van der Waals surface area contributed by atoms with E-state index in [0.717, 1.165) is 0 Å². The van der Waals surface area contributed by atoms with E-state index in [2.05, 4.69) is 6.58 Å². The maximum absolute atomic E-state index is 11.9. The van der Waals surface area contributed by atoms with Crippen LogP contribution < -0.4 is 0 Å². The monoisotopic (exact) mass is 226 g/mol. The number of hydrogen-bond acceptors (Lipinski definition) is 5. The number of carbonyl (C=O) groups excluding carboxylic acids is 1. The Labute approximate surface area is 92.7 Å². The quantitative estimate of drug-likeness (QED) is 0.548. The Balaban J connectivity index is 2.15. The normalized spacial score (nSPS) is 55.1. The third kappa shape index (κ3) is 0.863. The van der Waals surface area contributed by atoms with E-state index >= 15 is 0 Å². The maximum Gasteiger partial charge on any atom is 0.323 e. The highest BCUT2D eigenvalue weighted by Gasteiger charge is 2.72. The van der Waals surface area contributed by atoms with Crippen molar-refractivity contribution in [3.8, 4) is 0 Å². The van der Waals surface area contributed by atoms with Crippen LogP contribution in [0.2, 0.25) is 0 Å². The number of fused-ring (bicyclic) bond motifs is 1. The van der Waals surface area contributed by atoms with Crippen molar-refractivity contribution in [3.63, 3.8) is 0 Å². The molecule has 88 valence electrons. The third-order valence-electron chi connectivity index (χ3n) is 4.25. The largest absolute Gasteiger partial charge is 0.428 e. The lowest BCUT2D eigenvalue weighted by Crippen LogP contribution is -2.57. The highest BCUT2D eigenvalue weighted by molar-refractivity contribution is 5.84. The minimum Gasteiger partial charge on any atom is -0.428 e. The molecule has 0 aromatic heterocycles. The lowest BCUT2D eigenvalue weighted by molar-refractivity contribution is -0.165. The molecule has 2 N–H and O–H groups in total. The number of rotatable bonds is 0. The molecule has 16 heavy (non-hydrogen) atoms. The summed E-state index contributed by atoms with van der Waals surface area (Å²) in [6.45, 7) is 5.48. The Morgan fingerprint density at radius 1 is 1.50 bits per heavy atom. The molecule has 2 aliphatic heterocycles. The van der Waals surface area contributed by atoms with Gasteiger partial charge in [-0.05, 0) is 0 Å². The minimum atomic E-state index is -1.15. The van der Waals surface area contributed by atoms with E-state index in [4.69, 9.17) is 9.47 Å². The summed E-state index contributed by atoms with van der Waals surface area (Å²) in [5, 5.41) is 19.9. The molecule has 3 rings (SSSR count). The second-order valence-electron chi connectivity index (χ2n) is 4.88. The molecule has 1 aliphatic carbocycles. The molecule has 2 bridgehead atoms. The van der Waals surface area contributed by atoms with Crippen LogP contribution in [-0.2, 0) is 14.3 Å². The van der Waals surface area contributed by atoms with Crippen LogP contribution in [0.3, 0.4) is 0 Å². The first-order chi connectivity index (χ1) is 7.49. The molecule has 3 fully saturated rings. The summed E-state index contributed by atoms with van der Waals surface area (Å²) < 4.78 is 10.6. The van der Waals surface area contributed by atoms with Gasteiger partial charge in [-0.2, -0.15) is 0 Å². The fourth-order valence-corrected chi connectivity index (χ4v) is 3.34. The smallest absolute Gasteiger partial charge is 0.323 e. The van der Waals surface area contributed by atoms with Gasteiger partial charge in [0, 0.05) is 12.3 Å². The molecule has 0 aromatic rings. The zero-order valence-corrected chi connectivity index (χ0v) is 8.92. The maximum atomic E-state index is 11.9. The van der Waals surface area contributed by atoms with Crippen molar-refractivity contribution in [1.82, 2.24) is 0 Å². The average Bonchev–Trinajstić information content (AvgIpc) is 2.58. The molecule has 2 heterocycles. The molecule has 0 aromatic carbocycles. The van der Waals surface area contributed by atoms with Gasteiger partial charge in [-0.15, -0.1) is 0 Å². The van der Waals surface area contributed by atoms with Gasteiger partial charge in [0.25, 0.3) is 0 Å². The van der Waals surface area contributed by atoms with Gasteiger partial charge in [-0.25, -0.2) is 0 Å². The number of aliphatic hydroxyl groups is 2. The predicted octanol–water partition coefficient (Wildman–Crippen LogP) is -0.428. The van der Waals surface area contributed by atoms with Crippen LogP contribution in [0.4, 0.5) is 0 Å². The zero-order chi connectivity index (χ0) is 11.7. The summed E-state index contributed by atoms with van der Waals surface area (Å²) in [6, 6.07) is 0. The van der Waals surface area contributed by atoms with Crippen molar-refractivity contribution in [2.24, 2.45) is 11.3 Å². The van der Waals surface area contributed by atoms with Gasteiger partial charge < -0.3 is 19.7 Å². The second kappa shape index (κ2) is 2.85. The third-order valence-corrected chi connectivity index (χ3v) is 4.25. The second-order valence-corrected chi connectivity index (χ2v) is 4.88. The van der Waals surface area contributed by atoms with E-state index in [1.54, 1.807) is 0 Å². The van der Waals surface area contributed by atoms with Gasteiger partial charge in [0.1, 0.15) is 17.3 Å². The zero-order valence-electron chi connectivity index (χ0n) is 8.92. The summed E-state index contributed by atoms with van der Waals surface area (Å²) in [5.41, 5.74) is -1.15. The van der Waals surface area contributed by atoms with Crippen LogP contribution in [0, 0.1) is 11.3 Å². The van der Waals surface area contributed by atoms with Crippen LogP contribution in [0.5, 0.6) is 0 Å². The molecule has 5 nitrogen and oxygen atoms in total. The molecular formula is C11H14O5. The SMILES string of the molecule is C=C1OC(=O)[C@]23[C@@H]1O[C@H](C[C@H](O)[C@@H]2O)[C@@H]3C. The average molecular weight is 226 g/mol. The van der Waals surface area contributed by atoms with Crippen molar-refractivity contribution in [3.05, 3.63) is 12.3 Å². The van der Waals surface area contributed by atoms with Crippen molar-refractivity contribution >= 4 is 5.97 Å². The fourth-order valence-electron chi connectivity index (χ4n) is 3.34. The first kappa shape index (κ1) is 10.3. The van der Waals surface area contributed by atoms with Crippen LogP contribution in [0.1, 0.15) is 13.3 Å². The van der Waals surface area contributed by atoms with E-state index in [1.165, 1.54) is 0 Å². The van der Waals surface area contributed by atoms with E-state index in [0.29, 0.717) is 6.42 Å². The van der Waals surface area contributed by atoms with E-state index in [9.17, 15) is 15.0 Å². The number of cyclic esters (lactones) is 1. The Hall–Kier alpha value is -0.910. The summed E-state index contributed by atoms with van der Waals surface area (Å²) in [6.07, 6.45) is -2.57. The molecule has 3 aliphatic rings. The predicted molar refractivity (Wildman–Crippen MR) is 52.1 cm³/mol. The Kier molecular flexibility index (Phi) is 1.83. The summed E-state index contributed by atoms with van der Waals surface area (Å²) in [4.78, 5) is 11.9. The number of ether oxygens (including phenoxy) is 2. The van der Waals surface area contributed by atoms with E-state index in [-0.39, 0.29) is 17.8 Å². The number of carbonyl (C=O) groups is 1. The van der Waals surface area contributed by atoms with Crippen LogP contribution in [0.25, 0.3) is 0 Å². The molecule has 0 unspecified atom stereocenters. The van der Waals surface area contributed by atoms with Crippen LogP contribution >= 0.6 is 0 Å². The van der Waals surface area contributed by atoms with Gasteiger partial charge in [-0.1, -0.05) is 13.5 Å². The minimum absolute atomic E-state index is 0.164.